The highest BCUT2D eigenvalue weighted by atomic mass is 16.5. The second-order valence-electron chi connectivity index (χ2n) is 18.8. The van der Waals surface area contributed by atoms with E-state index in [1.165, 1.54) is 14.2 Å². The first-order chi connectivity index (χ1) is 32.9. The first kappa shape index (κ1) is 46.0. The molecule has 5 heterocycles. The van der Waals surface area contributed by atoms with Crippen LogP contribution >= 0.6 is 0 Å². The maximum absolute atomic E-state index is 13.9. The number of nitrogens with one attached hydrogen (secondary N) is 4. The van der Waals surface area contributed by atoms with E-state index < -0.39 is 24.3 Å². The minimum atomic E-state index is -0.718. The van der Waals surface area contributed by atoms with Gasteiger partial charge in [-0.1, -0.05) is 58.0 Å². The number of hydrogen-bond acceptors (Lipinski definition) is 10. The first-order valence-corrected chi connectivity index (χ1v) is 23.8. The van der Waals surface area contributed by atoms with Crippen molar-refractivity contribution < 1.29 is 33.4 Å². The monoisotopic (exact) mass is 923 g/mol. The number of alkyl carbamates (subject to hydrolysis) is 2. The Morgan fingerprint density at radius 1 is 0.588 bits per heavy atom. The van der Waals surface area contributed by atoms with Gasteiger partial charge >= 0.3 is 12.2 Å². The number of rotatable bonds is 13. The standard InChI is InChI=1S/C52H61N9O7/c1-30(2)45(57-51(64)66-5)49(62)59-26-10-14-43(59)47-53-37-22-16-32(28-39(37)55-47)41-24-25-42(61(41)34-18-20-36(21-19-34)68-35-12-8-7-9-13-35)33-17-23-38-40(29-33)56-48(54-38)44-15-11-27-60(44)50(63)46(31(3)4)58-52(65)67-6/h7-9,12-13,16-23,28-31,41-46H,10-11,14-15,24-27H2,1-6H3,(H,53,55)(H,54,56)(H,57,64)(H,58,65)/t41-,42-,43+,44+,45+,46+/m1/s1. The van der Waals surface area contributed by atoms with E-state index in [1.807, 2.05) is 80.0 Å². The number of carbonyl (C=O) groups is 4. The van der Waals surface area contributed by atoms with Gasteiger partial charge in [0.1, 0.15) is 35.2 Å². The predicted octanol–water partition coefficient (Wildman–Crippen LogP) is 9.40. The molecule has 68 heavy (non-hydrogen) atoms. The number of amides is 4. The Kier molecular flexibility index (Phi) is 13.3. The quantitative estimate of drug-likeness (QED) is 0.0869. The van der Waals surface area contributed by atoms with E-state index in [-0.39, 0.29) is 47.8 Å². The summed E-state index contributed by atoms with van der Waals surface area (Å²) in [5.41, 5.74) is 6.72. The molecule has 0 spiro atoms. The number of para-hydroxylation sites is 1. The van der Waals surface area contributed by atoms with Crippen LogP contribution in [0, 0.1) is 11.8 Å². The Hall–Kier alpha value is -7.10. The zero-order valence-corrected chi connectivity index (χ0v) is 39.5. The Labute approximate surface area is 396 Å². The van der Waals surface area contributed by atoms with Gasteiger partial charge in [-0.05, 0) is 122 Å². The minimum absolute atomic E-state index is 0.00204. The first-order valence-electron chi connectivity index (χ1n) is 23.8. The van der Waals surface area contributed by atoms with Crippen LogP contribution in [0.3, 0.4) is 0 Å². The summed E-state index contributed by atoms with van der Waals surface area (Å²) in [7, 11) is 2.59. The van der Waals surface area contributed by atoms with Crippen LogP contribution in [-0.4, -0.2) is 93.1 Å². The van der Waals surface area contributed by atoms with Crippen LogP contribution in [0.25, 0.3) is 22.1 Å². The lowest BCUT2D eigenvalue weighted by Crippen LogP contribution is -2.51. The number of H-pyrrole nitrogens is 2. The van der Waals surface area contributed by atoms with E-state index in [9.17, 15) is 19.2 Å². The number of hydrogen-bond donors (Lipinski definition) is 4. The molecule has 16 heteroatoms. The van der Waals surface area contributed by atoms with Crippen LogP contribution in [0.5, 0.6) is 11.5 Å². The van der Waals surface area contributed by atoms with Crippen molar-refractivity contribution in [2.24, 2.45) is 11.8 Å². The number of imidazole rings is 2. The predicted molar refractivity (Wildman–Crippen MR) is 258 cm³/mol. The van der Waals surface area contributed by atoms with Crippen LogP contribution in [0.4, 0.5) is 15.3 Å². The number of aromatic nitrogens is 4. The number of benzene rings is 4. The average molecular weight is 924 g/mol. The van der Waals surface area contributed by atoms with Crippen molar-refractivity contribution >= 4 is 51.8 Å². The molecule has 4 N–H and O–H groups in total. The molecule has 3 fully saturated rings. The molecule has 0 radical (unpaired) electrons. The van der Waals surface area contributed by atoms with E-state index in [2.05, 4.69) is 74.0 Å². The van der Waals surface area contributed by atoms with E-state index in [1.54, 1.807) is 0 Å². The summed E-state index contributed by atoms with van der Waals surface area (Å²) >= 11 is 0. The number of aromatic amines is 2. The van der Waals surface area contributed by atoms with Gasteiger partial charge in [0, 0.05) is 18.8 Å². The maximum atomic E-state index is 13.9. The molecular formula is C52H61N9O7. The number of methoxy groups -OCH3 is 2. The van der Waals surface area contributed by atoms with Gasteiger partial charge in [-0.15, -0.1) is 0 Å². The average Bonchev–Trinajstić information content (AvgIpc) is 4.21. The molecule has 9 rings (SSSR count). The van der Waals surface area contributed by atoms with Crippen LogP contribution in [0.1, 0.15) is 113 Å². The Morgan fingerprint density at radius 3 is 1.49 bits per heavy atom. The highest BCUT2D eigenvalue weighted by Crippen LogP contribution is 2.48. The zero-order valence-electron chi connectivity index (χ0n) is 39.5. The molecule has 3 aliphatic heterocycles. The summed E-state index contributed by atoms with van der Waals surface area (Å²) in [4.78, 5) is 75.7. The van der Waals surface area contributed by atoms with Gasteiger partial charge in [-0.2, -0.15) is 0 Å². The van der Waals surface area contributed by atoms with Crippen molar-refractivity contribution in [2.45, 2.75) is 102 Å². The molecule has 6 atom stereocenters. The van der Waals surface area contributed by atoms with E-state index >= 15 is 0 Å². The van der Waals surface area contributed by atoms with Crippen molar-refractivity contribution in [2.75, 3.05) is 32.2 Å². The van der Waals surface area contributed by atoms with Gasteiger partial charge in [0.05, 0.1) is 60.5 Å². The third-order valence-corrected chi connectivity index (χ3v) is 13.8. The fourth-order valence-electron chi connectivity index (χ4n) is 10.3. The lowest BCUT2D eigenvalue weighted by atomic mass is 10.0. The maximum Gasteiger partial charge on any atom is 0.407 e. The minimum Gasteiger partial charge on any atom is -0.457 e. The number of ether oxygens (including phenoxy) is 3. The molecule has 0 aliphatic carbocycles. The topological polar surface area (TPSA) is 187 Å². The number of carbonyl (C=O) groups excluding carboxylic acids is 4. The largest absolute Gasteiger partial charge is 0.457 e. The number of anilines is 1. The molecule has 356 valence electrons. The van der Waals surface area contributed by atoms with Crippen molar-refractivity contribution in [3.63, 3.8) is 0 Å². The number of nitrogens with zero attached hydrogens (tertiary/aromatic N) is 5. The second kappa shape index (κ2) is 19.6. The van der Waals surface area contributed by atoms with Crippen molar-refractivity contribution in [3.8, 4) is 11.5 Å². The highest BCUT2D eigenvalue weighted by Gasteiger charge is 2.40. The SMILES string of the molecule is COC(=O)N[C@H](C(=O)N1CCC[C@H]1c1nc2cc([C@H]3CC[C@H](c4ccc5[nH]c([C@@H]6CCCN6C(=O)[C@@H](NC(=O)OC)C(C)C)nc5c4)N3c3ccc(Oc4ccccc4)cc3)ccc2[nH]1)C(C)C. The van der Waals surface area contributed by atoms with E-state index in [0.717, 1.165) is 101 Å². The van der Waals surface area contributed by atoms with Crippen molar-refractivity contribution in [1.82, 2.24) is 40.4 Å². The van der Waals surface area contributed by atoms with Gasteiger partial charge < -0.3 is 49.5 Å². The zero-order chi connectivity index (χ0) is 47.6. The molecule has 2 aromatic heterocycles. The molecule has 16 nitrogen and oxygen atoms in total. The highest BCUT2D eigenvalue weighted by molar-refractivity contribution is 5.87. The Bertz CT molecular complexity index is 2630. The Balaban J connectivity index is 1.01. The fraction of sp³-hybridized carbons (Fsp3) is 0.423. The van der Waals surface area contributed by atoms with E-state index in [4.69, 9.17) is 24.2 Å². The third kappa shape index (κ3) is 9.28. The number of fused-ring (bicyclic) bond motifs is 2. The molecule has 0 bridgehead atoms. The van der Waals surface area contributed by atoms with Crippen LogP contribution in [0.15, 0.2) is 91.0 Å². The Morgan fingerprint density at radius 2 is 1.04 bits per heavy atom. The summed E-state index contributed by atoms with van der Waals surface area (Å²) in [5, 5.41) is 5.48. The smallest absolute Gasteiger partial charge is 0.407 e. The summed E-state index contributed by atoms with van der Waals surface area (Å²) < 4.78 is 15.9. The molecule has 4 aromatic carbocycles. The van der Waals surface area contributed by atoms with Gasteiger partial charge in [0.25, 0.3) is 0 Å². The van der Waals surface area contributed by atoms with Gasteiger partial charge in [0.15, 0.2) is 0 Å². The molecule has 0 saturated carbocycles. The molecular weight excluding hydrogens is 863 g/mol. The molecule has 3 aliphatic rings. The van der Waals surface area contributed by atoms with Crippen LogP contribution < -0.4 is 20.3 Å². The van der Waals surface area contributed by atoms with Gasteiger partial charge in [0.2, 0.25) is 11.8 Å². The molecule has 4 amide bonds. The lowest BCUT2D eigenvalue weighted by molar-refractivity contribution is -0.136. The molecule has 6 aromatic rings. The second-order valence-corrected chi connectivity index (χ2v) is 18.8. The third-order valence-electron chi connectivity index (χ3n) is 13.8. The summed E-state index contributed by atoms with van der Waals surface area (Å²) in [6, 6.07) is 28.9. The van der Waals surface area contributed by atoms with Crippen molar-refractivity contribution in [3.05, 3.63) is 114 Å². The van der Waals surface area contributed by atoms with E-state index in [0.29, 0.717) is 13.1 Å². The summed E-state index contributed by atoms with van der Waals surface area (Å²) in [5.74, 6) is 2.41. The summed E-state index contributed by atoms with van der Waals surface area (Å²) in [6.07, 6.45) is 3.67. The normalized spacial score (nSPS) is 20.3. The number of likely N-dealkylation sites (tertiary alicyclic amines) is 2. The van der Waals surface area contributed by atoms with Gasteiger partial charge in [-0.25, -0.2) is 19.6 Å². The van der Waals surface area contributed by atoms with Gasteiger partial charge in [-0.3, -0.25) is 9.59 Å². The molecule has 0 unspecified atom stereocenters. The van der Waals surface area contributed by atoms with Crippen molar-refractivity contribution in [1.29, 1.82) is 0 Å². The van der Waals surface area contributed by atoms with Crippen LogP contribution in [-0.2, 0) is 19.1 Å². The lowest BCUT2D eigenvalue weighted by Gasteiger charge is -2.33. The fourth-order valence-corrected chi connectivity index (χ4v) is 10.3. The summed E-state index contributed by atoms with van der Waals surface area (Å²) in [6.45, 7) is 8.79. The molecule has 3 saturated heterocycles. The van der Waals surface area contributed by atoms with Crippen LogP contribution in [0.2, 0.25) is 0 Å².